The third-order valence-corrected chi connectivity index (χ3v) is 4.10. The minimum atomic E-state index is -4.36. The zero-order valence-corrected chi connectivity index (χ0v) is 12.8. The Morgan fingerprint density at radius 2 is 1.95 bits per heavy atom. The third kappa shape index (κ3) is 4.22. The van der Waals surface area contributed by atoms with Crippen LogP contribution < -0.4 is 5.32 Å². The van der Waals surface area contributed by atoms with Gasteiger partial charge in [0, 0.05) is 12.2 Å². The monoisotopic (exact) mass is 314 g/mol. The highest BCUT2D eigenvalue weighted by molar-refractivity contribution is 5.94. The molecule has 6 heteroatoms. The first-order valence-electron chi connectivity index (χ1n) is 7.49. The molecular formula is C16H21F3N2O. The summed E-state index contributed by atoms with van der Waals surface area (Å²) in [7, 11) is 0. The van der Waals surface area contributed by atoms with Gasteiger partial charge < -0.3 is 5.32 Å². The van der Waals surface area contributed by atoms with Crippen LogP contribution in [0.5, 0.6) is 0 Å². The van der Waals surface area contributed by atoms with Crippen LogP contribution in [-0.2, 0) is 11.0 Å². The fourth-order valence-electron chi connectivity index (χ4n) is 2.73. The second-order valence-corrected chi connectivity index (χ2v) is 5.98. The zero-order chi connectivity index (χ0) is 16.3. The van der Waals surface area contributed by atoms with Gasteiger partial charge in [0.25, 0.3) is 0 Å². The summed E-state index contributed by atoms with van der Waals surface area (Å²) in [6, 6.07) is 4.23. The molecule has 1 aromatic rings. The lowest BCUT2D eigenvalue weighted by Gasteiger charge is -2.34. The highest BCUT2D eigenvalue weighted by Gasteiger charge is 2.30. The van der Waals surface area contributed by atoms with Crippen molar-refractivity contribution in [3.8, 4) is 0 Å². The molecule has 1 amide bonds. The molecule has 3 nitrogen and oxygen atoms in total. The molecule has 0 saturated carbocycles. The normalized spacial score (nSPS) is 21.4. The van der Waals surface area contributed by atoms with Gasteiger partial charge in [-0.05, 0) is 56.5 Å². The van der Waals surface area contributed by atoms with E-state index in [1.807, 2.05) is 6.92 Å². The molecule has 0 bridgehead atoms. The molecular weight excluding hydrogens is 293 g/mol. The van der Waals surface area contributed by atoms with Crippen LogP contribution in [0.15, 0.2) is 24.3 Å². The van der Waals surface area contributed by atoms with Crippen LogP contribution >= 0.6 is 0 Å². The molecule has 1 aliphatic rings. The number of piperidine rings is 1. The minimum absolute atomic E-state index is 0.186. The Morgan fingerprint density at radius 1 is 1.32 bits per heavy atom. The van der Waals surface area contributed by atoms with E-state index in [2.05, 4.69) is 17.1 Å². The standard InChI is InChI=1S/C16H21F3N2O/c1-11-4-3-9-21(10-11)12(2)15(22)20-14-7-5-13(6-8-14)16(17,18)19/h5-8,11-12H,3-4,9-10H2,1-2H3,(H,20,22)/t11-,12+/m0/s1. The van der Waals surface area contributed by atoms with Crippen molar-refractivity contribution in [3.63, 3.8) is 0 Å². The number of carbonyl (C=O) groups excluding carboxylic acids is 1. The fraction of sp³-hybridized carbons (Fsp3) is 0.562. The molecule has 0 aromatic heterocycles. The summed E-state index contributed by atoms with van der Waals surface area (Å²) in [4.78, 5) is 14.3. The Morgan fingerprint density at radius 3 is 2.50 bits per heavy atom. The Labute approximate surface area is 128 Å². The lowest BCUT2D eigenvalue weighted by atomic mass is 9.99. The van der Waals surface area contributed by atoms with Gasteiger partial charge in [-0.2, -0.15) is 13.2 Å². The smallest absolute Gasteiger partial charge is 0.325 e. The predicted molar refractivity (Wildman–Crippen MR) is 79.5 cm³/mol. The second kappa shape index (κ2) is 6.69. The number of alkyl halides is 3. The maximum absolute atomic E-state index is 12.5. The molecule has 0 spiro atoms. The van der Waals surface area contributed by atoms with Crippen LogP contribution in [0.1, 0.15) is 32.3 Å². The molecule has 1 aliphatic heterocycles. The molecule has 2 atom stereocenters. The summed E-state index contributed by atoms with van der Waals surface area (Å²) in [6.45, 7) is 5.75. The van der Waals surface area contributed by atoms with E-state index >= 15 is 0 Å². The number of likely N-dealkylation sites (tertiary alicyclic amines) is 1. The van der Waals surface area contributed by atoms with Crippen molar-refractivity contribution in [3.05, 3.63) is 29.8 Å². The molecule has 122 valence electrons. The molecule has 1 fully saturated rings. The zero-order valence-electron chi connectivity index (χ0n) is 12.8. The van der Waals surface area contributed by atoms with Crippen molar-refractivity contribution in [1.82, 2.24) is 4.90 Å². The minimum Gasteiger partial charge on any atom is -0.325 e. The van der Waals surface area contributed by atoms with Crippen molar-refractivity contribution in [1.29, 1.82) is 0 Å². The van der Waals surface area contributed by atoms with Gasteiger partial charge in [-0.1, -0.05) is 6.92 Å². The molecule has 0 unspecified atom stereocenters. The third-order valence-electron chi connectivity index (χ3n) is 4.10. The van der Waals surface area contributed by atoms with Gasteiger partial charge in [0.05, 0.1) is 11.6 Å². The topological polar surface area (TPSA) is 32.3 Å². The van der Waals surface area contributed by atoms with Gasteiger partial charge in [0.2, 0.25) is 5.91 Å². The van der Waals surface area contributed by atoms with E-state index in [-0.39, 0.29) is 11.9 Å². The Hall–Kier alpha value is -1.56. The van der Waals surface area contributed by atoms with E-state index in [9.17, 15) is 18.0 Å². The fourth-order valence-corrected chi connectivity index (χ4v) is 2.73. The maximum Gasteiger partial charge on any atom is 0.416 e. The number of nitrogens with zero attached hydrogens (tertiary/aromatic N) is 1. The predicted octanol–water partition coefficient (Wildman–Crippen LogP) is 3.76. The van der Waals surface area contributed by atoms with Crippen LogP contribution in [0.2, 0.25) is 0 Å². The highest BCUT2D eigenvalue weighted by atomic mass is 19.4. The summed E-state index contributed by atoms with van der Waals surface area (Å²) >= 11 is 0. The van der Waals surface area contributed by atoms with E-state index in [1.54, 1.807) is 0 Å². The first kappa shape index (κ1) is 16.8. The molecule has 0 aliphatic carbocycles. The quantitative estimate of drug-likeness (QED) is 0.921. The summed E-state index contributed by atoms with van der Waals surface area (Å²) in [6.07, 6.45) is -2.12. The van der Waals surface area contributed by atoms with Crippen molar-refractivity contribution in [2.24, 2.45) is 5.92 Å². The van der Waals surface area contributed by atoms with Crippen molar-refractivity contribution in [2.75, 3.05) is 18.4 Å². The first-order valence-corrected chi connectivity index (χ1v) is 7.49. The van der Waals surface area contributed by atoms with E-state index in [0.717, 1.165) is 31.6 Å². The molecule has 1 heterocycles. The lowest BCUT2D eigenvalue weighted by molar-refractivity contribution is -0.137. The van der Waals surface area contributed by atoms with Gasteiger partial charge in [0.15, 0.2) is 0 Å². The highest BCUT2D eigenvalue weighted by Crippen LogP contribution is 2.29. The van der Waals surface area contributed by atoms with Gasteiger partial charge in [-0.3, -0.25) is 9.69 Å². The van der Waals surface area contributed by atoms with Gasteiger partial charge in [0.1, 0.15) is 0 Å². The lowest BCUT2D eigenvalue weighted by Crippen LogP contribution is -2.46. The van der Waals surface area contributed by atoms with Crippen molar-refractivity contribution >= 4 is 11.6 Å². The van der Waals surface area contributed by atoms with Gasteiger partial charge >= 0.3 is 6.18 Å². The number of carbonyl (C=O) groups is 1. The molecule has 1 saturated heterocycles. The summed E-state index contributed by atoms with van der Waals surface area (Å²) in [5, 5.41) is 2.68. The van der Waals surface area contributed by atoms with E-state index in [4.69, 9.17) is 0 Å². The van der Waals surface area contributed by atoms with Crippen molar-refractivity contribution in [2.45, 2.75) is 38.9 Å². The van der Waals surface area contributed by atoms with E-state index in [0.29, 0.717) is 11.6 Å². The number of benzene rings is 1. The van der Waals surface area contributed by atoms with Crippen LogP contribution in [0, 0.1) is 5.92 Å². The summed E-state index contributed by atoms with van der Waals surface area (Å²) in [5.41, 5.74) is -0.335. The number of hydrogen-bond donors (Lipinski definition) is 1. The summed E-state index contributed by atoms with van der Waals surface area (Å²) < 4.78 is 37.5. The molecule has 1 N–H and O–H groups in total. The van der Waals surface area contributed by atoms with Gasteiger partial charge in [-0.15, -0.1) is 0 Å². The molecule has 0 radical (unpaired) electrons. The van der Waals surface area contributed by atoms with Crippen LogP contribution in [0.25, 0.3) is 0 Å². The number of nitrogens with one attached hydrogen (secondary N) is 1. The van der Waals surface area contributed by atoms with E-state index < -0.39 is 11.7 Å². The summed E-state index contributed by atoms with van der Waals surface area (Å²) in [5.74, 6) is 0.379. The largest absolute Gasteiger partial charge is 0.416 e. The first-order chi connectivity index (χ1) is 10.3. The maximum atomic E-state index is 12.5. The SMILES string of the molecule is C[C@H]1CCCN([C@H](C)C(=O)Nc2ccc(C(F)(F)F)cc2)C1. The second-order valence-electron chi connectivity index (χ2n) is 5.98. The Bertz CT molecular complexity index is 513. The number of hydrogen-bond acceptors (Lipinski definition) is 2. The van der Waals surface area contributed by atoms with Crippen LogP contribution in [-0.4, -0.2) is 29.9 Å². The number of halogens is 3. The Balaban J connectivity index is 1.96. The average Bonchev–Trinajstić information content (AvgIpc) is 2.46. The molecule has 2 rings (SSSR count). The Kier molecular flexibility index (Phi) is 5.11. The van der Waals surface area contributed by atoms with E-state index in [1.165, 1.54) is 18.6 Å². The van der Waals surface area contributed by atoms with Gasteiger partial charge in [-0.25, -0.2) is 0 Å². The molecule has 22 heavy (non-hydrogen) atoms. The molecule has 1 aromatic carbocycles. The number of anilines is 1. The van der Waals surface area contributed by atoms with Crippen LogP contribution in [0.4, 0.5) is 18.9 Å². The number of rotatable bonds is 3. The van der Waals surface area contributed by atoms with Crippen LogP contribution in [0.3, 0.4) is 0 Å². The number of amides is 1. The average molecular weight is 314 g/mol. The van der Waals surface area contributed by atoms with Crippen molar-refractivity contribution < 1.29 is 18.0 Å².